The summed E-state index contributed by atoms with van der Waals surface area (Å²) in [6.07, 6.45) is -3.20. The molecule has 9 nitrogen and oxygen atoms in total. The second kappa shape index (κ2) is 10.7. The molecule has 4 aromatic carbocycles. The summed E-state index contributed by atoms with van der Waals surface area (Å²) in [6, 6.07) is 22.4. The van der Waals surface area contributed by atoms with Gasteiger partial charge in [0, 0.05) is 5.39 Å². The fourth-order valence-electron chi connectivity index (χ4n) is 5.59. The quantitative estimate of drug-likeness (QED) is 0.185. The molecule has 0 atom stereocenters. The largest absolute Gasteiger partial charge is 0.416 e. The van der Waals surface area contributed by atoms with Crippen LogP contribution in [0.4, 0.5) is 19.0 Å². The summed E-state index contributed by atoms with van der Waals surface area (Å²) in [5, 5.41) is 4.72. The van der Waals surface area contributed by atoms with Gasteiger partial charge in [-0.2, -0.15) is 18.3 Å². The van der Waals surface area contributed by atoms with Gasteiger partial charge >= 0.3 is 6.18 Å². The molecule has 0 saturated heterocycles. The Morgan fingerprint density at radius 3 is 2.28 bits per heavy atom. The van der Waals surface area contributed by atoms with Crippen molar-refractivity contribution >= 4 is 43.6 Å². The lowest BCUT2D eigenvalue weighted by Crippen LogP contribution is -2.19. The Bertz CT molecular complexity index is 2460. The number of aromatic nitrogens is 5. The van der Waals surface area contributed by atoms with Gasteiger partial charge in [-0.3, -0.25) is 4.79 Å². The monoisotopic (exact) mass is 654 g/mol. The van der Waals surface area contributed by atoms with Crippen molar-refractivity contribution in [3.05, 3.63) is 125 Å². The number of benzene rings is 4. The molecule has 0 saturated carbocycles. The van der Waals surface area contributed by atoms with E-state index < -0.39 is 27.5 Å². The molecule has 0 aliphatic rings. The molecule has 0 fully saturated rings. The van der Waals surface area contributed by atoms with E-state index in [-0.39, 0.29) is 27.5 Å². The van der Waals surface area contributed by atoms with E-state index in [1.54, 1.807) is 42.5 Å². The Balaban J connectivity index is 1.37. The van der Waals surface area contributed by atoms with Crippen LogP contribution in [-0.2, 0) is 16.2 Å². The summed E-state index contributed by atoms with van der Waals surface area (Å²) in [4.78, 5) is 21.7. The standard InChI is InChI=1S/C34H25F3N6O3S/c1-19-3-11-26(12-4-19)47(45,46)43-30-14-7-22(21-5-8-24(9-6-21)34(35,36)37)15-23(30)16-31(43)32(44)27-18-39-42(33(27)38)25-10-13-28-29(17-25)41-20(2)40-28/h3-18H,38H2,1-2H3,(H,40,41). The third kappa shape index (κ3) is 5.14. The van der Waals surface area contributed by atoms with E-state index in [0.29, 0.717) is 22.2 Å². The molecule has 0 radical (unpaired) electrons. The van der Waals surface area contributed by atoms with Crippen LogP contribution >= 0.6 is 0 Å². The number of H-pyrrole nitrogens is 1. The summed E-state index contributed by atoms with van der Waals surface area (Å²) in [5.41, 5.74) is 9.60. The minimum absolute atomic E-state index is 0.000528. The van der Waals surface area contributed by atoms with Gasteiger partial charge in [0.2, 0.25) is 5.78 Å². The highest BCUT2D eigenvalue weighted by atomic mass is 32.2. The number of nitrogens with two attached hydrogens (primary N) is 1. The summed E-state index contributed by atoms with van der Waals surface area (Å²) in [5.74, 6) is 0.0429. The van der Waals surface area contributed by atoms with Gasteiger partial charge in [0.15, 0.2) is 0 Å². The summed E-state index contributed by atoms with van der Waals surface area (Å²) in [7, 11) is -4.31. The van der Waals surface area contributed by atoms with E-state index in [0.717, 1.165) is 38.5 Å². The number of ketones is 1. The van der Waals surface area contributed by atoms with E-state index in [9.17, 15) is 26.4 Å². The highest BCUT2D eigenvalue weighted by molar-refractivity contribution is 7.90. The molecule has 3 aromatic heterocycles. The molecule has 13 heteroatoms. The highest BCUT2D eigenvalue weighted by Crippen LogP contribution is 2.34. The average Bonchev–Trinajstić information content (AvgIpc) is 3.73. The van der Waals surface area contributed by atoms with Crippen molar-refractivity contribution in [1.82, 2.24) is 23.7 Å². The van der Waals surface area contributed by atoms with Crippen molar-refractivity contribution in [3.63, 3.8) is 0 Å². The summed E-state index contributed by atoms with van der Waals surface area (Å²) < 4.78 is 70.1. The van der Waals surface area contributed by atoms with Crippen molar-refractivity contribution in [2.24, 2.45) is 0 Å². The van der Waals surface area contributed by atoms with Crippen LogP contribution in [0.2, 0.25) is 0 Å². The molecule has 0 bridgehead atoms. The number of halogens is 3. The smallest absolute Gasteiger partial charge is 0.383 e. The van der Waals surface area contributed by atoms with Crippen molar-refractivity contribution in [2.45, 2.75) is 24.9 Å². The SMILES string of the molecule is Cc1ccc(S(=O)(=O)n2c(C(=O)c3cnn(-c4ccc5nc(C)[nH]c5c4)c3N)cc3cc(-c4ccc(C(F)(F)F)cc4)ccc32)cc1. The normalized spacial score (nSPS) is 12.3. The van der Waals surface area contributed by atoms with Crippen molar-refractivity contribution in [1.29, 1.82) is 0 Å². The Kier molecular flexibility index (Phi) is 6.83. The van der Waals surface area contributed by atoms with Crippen LogP contribution in [0, 0.1) is 13.8 Å². The number of hydrogen-bond donors (Lipinski definition) is 2. The van der Waals surface area contributed by atoms with Crippen molar-refractivity contribution in [3.8, 4) is 16.8 Å². The number of carbonyl (C=O) groups is 1. The fraction of sp³-hybridized carbons (Fsp3) is 0.0882. The molecule has 0 amide bonds. The molecule has 7 aromatic rings. The number of nitrogen functional groups attached to an aromatic ring is 1. The molecular formula is C34H25F3N6O3S. The predicted molar refractivity (Wildman–Crippen MR) is 172 cm³/mol. The number of anilines is 1. The number of aryl methyl sites for hydroxylation is 2. The zero-order valence-corrected chi connectivity index (χ0v) is 25.7. The lowest BCUT2D eigenvalue weighted by atomic mass is 10.0. The Morgan fingerprint density at radius 1 is 0.872 bits per heavy atom. The first-order valence-corrected chi connectivity index (χ1v) is 15.8. The molecule has 236 valence electrons. The zero-order chi connectivity index (χ0) is 33.2. The summed E-state index contributed by atoms with van der Waals surface area (Å²) in [6.45, 7) is 3.65. The number of carbonyl (C=O) groups excluding carboxylic acids is 1. The topological polar surface area (TPSA) is 129 Å². The minimum Gasteiger partial charge on any atom is -0.383 e. The first-order valence-electron chi connectivity index (χ1n) is 14.3. The fourth-order valence-corrected chi connectivity index (χ4v) is 7.10. The lowest BCUT2D eigenvalue weighted by Gasteiger charge is -2.12. The molecular weight excluding hydrogens is 629 g/mol. The van der Waals surface area contributed by atoms with Gasteiger partial charge in [-0.05, 0) is 85.6 Å². The van der Waals surface area contributed by atoms with Crippen molar-refractivity contribution in [2.75, 3.05) is 5.73 Å². The van der Waals surface area contributed by atoms with E-state index >= 15 is 0 Å². The number of nitrogens with one attached hydrogen (secondary N) is 1. The maximum Gasteiger partial charge on any atom is 0.416 e. The Labute approximate surface area is 266 Å². The number of aromatic amines is 1. The Morgan fingerprint density at radius 2 is 1.57 bits per heavy atom. The molecule has 0 aliphatic carbocycles. The second-order valence-electron chi connectivity index (χ2n) is 11.2. The van der Waals surface area contributed by atoms with E-state index in [2.05, 4.69) is 15.1 Å². The molecule has 47 heavy (non-hydrogen) atoms. The van der Waals surface area contributed by atoms with Gasteiger partial charge in [-0.1, -0.05) is 35.9 Å². The number of imidazole rings is 1. The third-order valence-corrected chi connectivity index (χ3v) is 9.72. The number of rotatable bonds is 6. The molecule has 0 aliphatic heterocycles. The molecule has 0 unspecified atom stereocenters. The van der Waals surface area contributed by atoms with Crippen LogP contribution in [0.15, 0.2) is 102 Å². The second-order valence-corrected chi connectivity index (χ2v) is 13.0. The van der Waals surface area contributed by atoms with Crippen LogP contribution < -0.4 is 5.73 Å². The van der Waals surface area contributed by atoms with Gasteiger partial charge < -0.3 is 10.7 Å². The van der Waals surface area contributed by atoms with Crippen molar-refractivity contribution < 1.29 is 26.4 Å². The van der Waals surface area contributed by atoms with Gasteiger partial charge in [0.25, 0.3) is 10.0 Å². The van der Waals surface area contributed by atoms with Crippen LogP contribution in [0.1, 0.15) is 33.0 Å². The van der Waals surface area contributed by atoms with Gasteiger partial charge in [0.1, 0.15) is 17.3 Å². The maximum absolute atomic E-state index is 14.2. The minimum atomic E-state index is -4.49. The highest BCUT2D eigenvalue weighted by Gasteiger charge is 2.31. The first-order chi connectivity index (χ1) is 22.3. The molecule has 7 rings (SSSR count). The lowest BCUT2D eigenvalue weighted by molar-refractivity contribution is -0.137. The number of fused-ring (bicyclic) bond motifs is 2. The number of alkyl halides is 3. The molecule has 0 spiro atoms. The molecule has 3 heterocycles. The van der Waals surface area contributed by atoms with Gasteiger partial charge in [-0.25, -0.2) is 22.1 Å². The average molecular weight is 655 g/mol. The maximum atomic E-state index is 14.2. The van der Waals surface area contributed by atoms with Crippen LogP contribution in [0.25, 0.3) is 38.8 Å². The number of hydrogen-bond acceptors (Lipinski definition) is 6. The van der Waals surface area contributed by atoms with Gasteiger partial charge in [-0.15, -0.1) is 0 Å². The Hall–Kier alpha value is -5.69. The first kappa shape index (κ1) is 30.0. The predicted octanol–water partition coefficient (Wildman–Crippen LogP) is 7.06. The number of nitrogens with zero attached hydrogens (tertiary/aromatic N) is 4. The van der Waals surface area contributed by atoms with Gasteiger partial charge in [0.05, 0.1) is 44.5 Å². The zero-order valence-electron chi connectivity index (χ0n) is 24.9. The van der Waals surface area contributed by atoms with Crippen LogP contribution in [0.5, 0.6) is 0 Å². The van der Waals surface area contributed by atoms with Crippen LogP contribution in [0.3, 0.4) is 0 Å². The van der Waals surface area contributed by atoms with E-state index in [1.807, 2.05) is 13.8 Å². The van der Waals surface area contributed by atoms with E-state index in [1.165, 1.54) is 47.3 Å². The van der Waals surface area contributed by atoms with Crippen LogP contribution in [-0.4, -0.2) is 37.9 Å². The summed E-state index contributed by atoms with van der Waals surface area (Å²) >= 11 is 0. The molecule has 3 N–H and O–H groups in total. The van der Waals surface area contributed by atoms with E-state index in [4.69, 9.17) is 5.73 Å². The third-order valence-electron chi connectivity index (χ3n) is 7.97.